The molecule has 0 spiro atoms. The van der Waals surface area contributed by atoms with Gasteiger partial charge in [0.25, 0.3) is 0 Å². The summed E-state index contributed by atoms with van der Waals surface area (Å²) in [6.45, 7) is 3.87. The summed E-state index contributed by atoms with van der Waals surface area (Å²) in [6.07, 6.45) is 0. The molecule has 1 N–H and O–H groups in total. The number of halogens is 3. The minimum absolute atomic E-state index is 0. The van der Waals surface area contributed by atoms with E-state index >= 15 is 0 Å². The molecule has 1 saturated heterocycles. The topological polar surface area (TPSA) is 15.3 Å². The molecule has 0 unspecified atom stereocenters. The van der Waals surface area contributed by atoms with Gasteiger partial charge < -0.3 is 5.32 Å². The number of hydrogen-bond donors (Lipinski definition) is 1. The second-order valence-corrected chi connectivity index (χ2v) is 6.26. The van der Waals surface area contributed by atoms with Gasteiger partial charge in [0.2, 0.25) is 0 Å². The quantitative estimate of drug-likeness (QED) is 0.904. The molecule has 1 aliphatic heterocycles. The van der Waals surface area contributed by atoms with Crippen LogP contribution in [0.15, 0.2) is 35.7 Å². The van der Waals surface area contributed by atoms with Crippen molar-refractivity contribution in [3.05, 3.63) is 57.0 Å². The second-order valence-electron chi connectivity index (χ2n) is 4.88. The van der Waals surface area contributed by atoms with Gasteiger partial charge in [-0.1, -0.05) is 23.7 Å². The highest BCUT2D eigenvalue weighted by Gasteiger charge is 2.25. The Balaban J connectivity index is 0.00000161. The van der Waals surface area contributed by atoms with E-state index in [-0.39, 0.29) is 29.3 Å². The van der Waals surface area contributed by atoms with Gasteiger partial charge in [0.1, 0.15) is 5.82 Å². The van der Waals surface area contributed by atoms with Crippen molar-refractivity contribution in [1.29, 1.82) is 0 Å². The van der Waals surface area contributed by atoms with Crippen LogP contribution in [0.1, 0.15) is 16.5 Å². The molecule has 1 aromatic heterocycles. The summed E-state index contributed by atoms with van der Waals surface area (Å²) in [5.41, 5.74) is 0.969. The Morgan fingerprint density at radius 2 is 2.00 bits per heavy atom. The van der Waals surface area contributed by atoms with Crippen LogP contribution >= 0.6 is 35.3 Å². The van der Waals surface area contributed by atoms with Gasteiger partial charge >= 0.3 is 0 Å². The molecule has 3 rings (SSSR count). The van der Waals surface area contributed by atoms with Crippen LogP contribution in [0.25, 0.3) is 0 Å². The fourth-order valence-electron chi connectivity index (χ4n) is 2.62. The van der Waals surface area contributed by atoms with Crippen LogP contribution in [0, 0.1) is 5.82 Å². The zero-order valence-electron chi connectivity index (χ0n) is 11.4. The zero-order chi connectivity index (χ0) is 13.9. The third-order valence-electron chi connectivity index (χ3n) is 3.59. The lowest BCUT2D eigenvalue weighted by Crippen LogP contribution is -2.45. The molecule has 0 amide bonds. The number of nitrogens with one attached hydrogen (secondary N) is 1. The van der Waals surface area contributed by atoms with Crippen LogP contribution in [-0.4, -0.2) is 31.1 Å². The smallest absolute Gasteiger partial charge is 0.142 e. The lowest BCUT2D eigenvalue weighted by Gasteiger charge is -2.34. The van der Waals surface area contributed by atoms with Crippen LogP contribution in [0.4, 0.5) is 4.39 Å². The minimum atomic E-state index is -0.346. The van der Waals surface area contributed by atoms with E-state index in [4.69, 9.17) is 11.6 Å². The Hall–Kier alpha value is -0.650. The van der Waals surface area contributed by atoms with Crippen LogP contribution in [0.5, 0.6) is 0 Å². The highest BCUT2D eigenvalue weighted by atomic mass is 35.5. The normalized spacial score (nSPS) is 17.2. The van der Waals surface area contributed by atoms with Crippen molar-refractivity contribution < 1.29 is 4.39 Å². The molecule has 1 atom stereocenters. The summed E-state index contributed by atoms with van der Waals surface area (Å²) < 4.78 is 13.8. The number of benzene rings is 1. The Bertz CT molecular complexity index is 571. The summed E-state index contributed by atoms with van der Waals surface area (Å²) in [6, 6.07) is 9.41. The van der Waals surface area contributed by atoms with Crippen molar-refractivity contribution in [1.82, 2.24) is 10.2 Å². The molecule has 2 heterocycles. The molecular formula is C15H17Cl2FN2S. The summed E-state index contributed by atoms with van der Waals surface area (Å²) >= 11 is 7.51. The van der Waals surface area contributed by atoms with Crippen molar-refractivity contribution in [2.45, 2.75) is 6.04 Å². The van der Waals surface area contributed by atoms with Gasteiger partial charge in [-0.2, -0.15) is 0 Å². The molecule has 2 nitrogen and oxygen atoms in total. The molecule has 2 aromatic rings. The average Bonchev–Trinajstić information content (AvgIpc) is 2.98. The summed E-state index contributed by atoms with van der Waals surface area (Å²) in [7, 11) is 0. The number of nitrogens with zero attached hydrogens (tertiary/aromatic N) is 1. The van der Waals surface area contributed by atoms with Crippen molar-refractivity contribution in [2.75, 3.05) is 26.2 Å². The van der Waals surface area contributed by atoms with Crippen LogP contribution in [-0.2, 0) is 0 Å². The maximum atomic E-state index is 13.8. The van der Waals surface area contributed by atoms with E-state index in [9.17, 15) is 4.39 Å². The van der Waals surface area contributed by atoms with Gasteiger partial charge in [-0.05, 0) is 29.1 Å². The van der Waals surface area contributed by atoms with Gasteiger partial charge in [-0.3, -0.25) is 4.90 Å². The molecule has 0 saturated carbocycles. The lowest BCUT2D eigenvalue weighted by molar-refractivity contribution is 0.200. The molecule has 1 aromatic carbocycles. The van der Waals surface area contributed by atoms with Gasteiger partial charge in [-0.15, -0.1) is 23.7 Å². The Labute approximate surface area is 139 Å². The summed E-state index contributed by atoms with van der Waals surface area (Å²) in [4.78, 5) is 3.64. The number of rotatable bonds is 3. The van der Waals surface area contributed by atoms with Crippen molar-refractivity contribution >= 4 is 35.3 Å². The predicted molar refractivity (Wildman–Crippen MR) is 89.3 cm³/mol. The fraction of sp³-hybridized carbons (Fsp3) is 0.333. The van der Waals surface area contributed by atoms with Gasteiger partial charge in [0, 0.05) is 31.1 Å². The van der Waals surface area contributed by atoms with Crippen molar-refractivity contribution in [3.63, 3.8) is 0 Å². The monoisotopic (exact) mass is 346 g/mol. The van der Waals surface area contributed by atoms with Crippen molar-refractivity contribution in [3.8, 4) is 0 Å². The third-order valence-corrected chi connectivity index (χ3v) is 4.82. The lowest BCUT2D eigenvalue weighted by atomic mass is 10.0. The van der Waals surface area contributed by atoms with Crippen LogP contribution in [0.2, 0.25) is 5.02 Å². The standard InChI is InChI=1S/C15H16ClFN2S.ClH/c16-12-4-3-11(10-13(12)17)15(14-2-1-9-20-14)19-7-5-18-6-8-19;/h1-4,9-10,15,18H,5-8H2;1H/t15-;/m0./s1. The van der Waals surface area contributed by atoms with E-state index in [0.717, 1.165) is 31.7 Å². The molecule has 1 aliphatic rings. The van der Waals surface area contributed by atoms with Crippen LogP contribution < -0.4 is 5.32 Å². The first-order valence-corrected chi connectivity index (χ1v) is 7.94. The minimum Gasteiger partial charge on any atom is -0.314 e. The first-order chi connectivity index (χ1) is 9.75. The van der Waals surface area contributed by atoms with Gasteiger partial charge in [-0.25, -0.2) is 4.39 Å². The van der Waals surface area contributed by atoms with Crippen LogP contribution in [0.3, 0.4) is 0 Å². The zero-order valence-corrected chi connectivity index (χ0v) is 13.8. The van der Waals surface area contributed by atoms with E-state index in [1.165, 1.54) is 4.88 Å². The maximum absolute atomic E-state index is 13.8. The Kier molecular flexibility index (Phi) is 6.02. The molecule has 0 aliphatic carbocycles. The van der Waals surface area contributed by atoms with E-state index in [2.05, 4.69) is 21.7 Å². The number of piperazine rings is 1. The first kappa shape index (κ1) is 16.7. The molecule has 0 radical (unpaired) electrons. The third kappa shape index (κ3) is 3.76. The van der Waals surface area contributed by atoms with E-state index < -0.39 is 0 Å². The maximum Gasteiger partial charge on any atom is 0.142 e. The molecule has 1 fully saturated rings. The second kappa shape index (κ2) is 7.56. The SMILES string of the molecule is Cl.Fc1cc([C@@H](c2cccs2)N2CCNCC2)ccc1Cl. The molecule has 6 heteroatoms. The van der Waals surface area contributed by atoms with E-state index in [1.54, 1.807) is 23.5 Å². The molecule has 21 heavy (non-hydrogen) atoms. The Morgan fingerprint density at radius 1 is 1.24 bits per heavy atom. The highest BCUT2D eigenvalue weighted by molar-refractivity contribution is 7.10. The van der Waals surface area contributed by atoms with E-state index in [0.29, 0.717) is 0 Å². The van der Waals surface area contributed by atoms with Crippen molar-refractivity contribution in [2.24, 2.45) is 0 Å². The van der Waals surface area contributed by atoms with E-state index in [1.807, 2.05) is 12.1 Å². The van der Waals surface area contributed by atoms with Gasteiger partial charge in [0.15, 0.2) is 0 Å². The Morgan fingerprint density at radius 3 is 2.62 bits per heavy atom. The fourth-order valence-corrected chi connectivity index (χ4v) is 3.63. The molecule has 0 bridgehead atoms. The number of hydrogen-bond acceptors (Lipinski definition) is 3. The predicted octanol–water partition coefficient (Wildman–Crippen LogP) is 3.96. The first-order valence-electron chi connectivity index (χ1n) is 6.69. The largest absolute Gasteiger partial charge is 0.314 e. The van der Waals surface area contributed by atoms with Gasteiger partial charge in [0.05, 0.1) is 11.1 Å². The summed E-state index contributed by atoms with van der Waals surface area (Å²) in [5, 5.41) is 5.60. The number of thiophene rings is 1. The average molecular weight is 347 g/mol. The summed E-state index contributed by atoms with van der Waals surface area (Å²) in [5.74, 6) is -0.346. The highest BCUT2D eigenvalue weighted by Crippen LogP contribution is 2.33. The molecule has 114 valence electrons. The molecular weight excluding hydrogens is 330 g/mol.